The summed E-state index contributed by atoms with van der Waals surface area (Å²) in [6, 6.07) is 0. The lowest BCUT2D eigenvalue weighted by Gasteiger charge is -2.19. The van der Waals surface area contributed by atoms with Crippen LogP contribution in [0.5, 0.6) is 0 Å². The third-order valence-electron chi connectivity index (χ3n) is 3.44. The van der Waals surface area contributed by atoms with E-state index in [0.29, 0.717) is 19.0 Å². The number of hydrogen-bond acceptors (Lipinski definition) is 6. The Kier molecular flexibility index (Phi) is 3.62. The van der Waals surface area contributed by atoms with Crippen LogP contribution in [-0.4, -0.2) is 29.3 Å². The fourth-order valence-electron chi connectivity index (χ4n) is 2.05. The zero-order valence-corrected chi connectivity index (χ0v) is 11.9. The Balaban J connectivity index is 2.23. The van der Waals surface area contributed by atoms with E-state index in [0.717, 1.165) is 12.8 Å². The summed E-state index contributed by atoms with van der Waals surface area (Å²) in [4.78, 5) is 16.2. The van der Waals surface area contributed by atoms with Gasteiger partial charge in [-0.05, 0) is 40.5 Å². The highest BCUT2D eigenvalue weighted by atomic mass is 16.5. The van der Waals surface area contributed by atoms with E-state index in [1.807, 2.05) is 6.92 Å². The molecule has 1 aromatic rings. The highest BCUT2D eigenvalue weighted by Gasteiger charge is 2.41. The first-order chi connectivity index (χ1) is 8.90. The number of hydrogen-bond donors (Lipinski definition) is 0. The first-order valence-electron chi connectivity index (χ1n) is 6.56. The summed E-state index contributed by atoms with van der Waals surface area (Å²) in [5, 5.41) is 3.96. The van der Waals surface area contributed by atoms with Gasteiger partial charge in [-0.1, -0.05) is 5.16 Å². The summed E-state index contributed by atoms with van der Waals surface area (Å²) in [5.74, 6) is 0.387. The van der Waals surface area contributed by atoms with Gasteiger partial charge in [0, 0.05) is 6.61 Å². The van der Waals surface area contributed by atoms with E-state index in [1.54, 1.807) is 20.8 Å². The van der Waals surface area contributed by atoms with E-state index < -0.39 is 11.0 Å². The van der Waals surface area contributed by atoms with Crippen molar-refractivity contribution in [2.75, 3.05) is 13.2 Å². The fraction of sp³-hybridized carbons (Fsp3) is 0.769. The minimum atomic E-state index is -0.948. The average Bonchev–Trinajstić information content (AvgIpc) is 2.98. The first-order valence-corrected chi connectivity index (χ1v) is 6.56. The maximum absolute atomic E-state index is 11.9. The molecule has 6 heteroatoms. The maximum Gasteiger partial charge on any atom is 0.321 e. The van der Waals surface area contributed by atoms with Crippen LogP contribution in [0.25, 0.3) is 0 Å². The molecular weight excluding hydrogens is 248 g/mol. The Labute approximate surface area is 112 Å². The average molecular weight is 268 g/mol. The van der Waals surface area contributed by atoms with E-state index >= 15 is 0 Å². The van der Waals surface area contributed by atoms with Gasteiger partial charge < -0.3 is 14.0 Å². The Hall–Kier alpha value is -1.43. The number of carbonyl (C=O) groups is 1. The Morgan fingerprint density at radius 2 is 2.26 bits per heavy atom. The molecule has 1 aromatic heterocycles. The zero-order valence-electron chi connectivity index (χ0n) is 11.9. The molecule has 106 valence electrons. The summed E-state index contributed by atoms with van der Waals surface area (Å²) in [7, 11) is 0. The van der Waals surface area contributed by atoms with Gasteiger partial charge in [-0.25, -0.2) is 0 Å². The molecule has 0 amide bonds. The Morgan fingerprint density at radius 1 is 1.53 bits per heavy atom. The van der Waals surface area contributed by atoms with E-state index in [9.17, 15) is 4.79 Å². The van der Waals surface area contributed by atoms with Gasteiger partial charge in [-0.3, -0.25) is 4.79 Å². The van der Waals surface area contributed by atoms with E-state index in [-0.39, 0.29) is 11.9 Å². The van der Waals surface area contributed by atoms with Crippen LogP contribution in [0.1, 0.15) is 52.3 Å². The number of esters is 1. The molecule has 1 atom stereocenters. The quantitative estimate of drug-likeness (QED) is 0.777. The Bertz CT molecular complexity index is 461. The number of nitrogens with zero attached hydrogens (tertiary/aromatic N) is 2. The summed E-state index contributed by atoms with van der Waals surface area (Å²) in [6.07, 6.45) is 1.83. The van der Waals surface area contributed by atoms with Gasteiger partial charge in [0.05, 0.1) is 6.61 Å². The minimum absolute atomic E-state index is 0.262. The summed E-state index contributed by atoms with van der Waals surface area (Å²) in [5.41, 5.74) is -1.46. The van der Waals surface area contributed by atoms with Gasteiger partial charge >= 0.3 is 5.97 Å². The molecule has 6 nitrogen and oxygen atoms in total. The SMILES string of the molecule is CCOC(=O)C(C)(C)c1nc(C2(C)CCCO2)no1. The van der Waals surface area contributed by atoms with Gasteiger partial charge in [0.15, 0.2) is 0 Å². The van der Waals surface area contributed by atoms with Crippen LogP contribution in [0.3, 0.4) is 0 Å². The highest BCUT2D eigenvalue weighted by Crippen LogP contribution is 2.35. The summed E-state index contributed by atoms with van der Waals surface area (Å²) >= 11 is 0. The molecule has 0 radical (unpaired) electrons. The van der Waals surface area contributed by atoms with Crippen LogP contribution in [0, 0.1) is 0 Å². The molecule has 1 fully saturated rings. The van der Waals surface area contributed by atoms with Gasteiger partial charge in [-0.15, -0.1) is 0 Å². The van der Waals surface area contributed by atoms with Crippen molar-refractivity contribution < 1.29 is 18.8 Å². The molecule has 2 heterocycles. The van der Waals surface area contributed by atoms with Crippen molar-refractivity contribution >= 4 is 5.97 Å². The number of rotatable bonds is 4. The number of ether oxygens (including phenoxy) is 2. The molecule has 1 aliphatic rings. The maximum atomic E-state index is 11.9. The number of carbonyl (C=O) groups excluding carboxylic acids is 1. The van der Waals surface area contributed by atoms with Crippen LogP contribution in [0.15, 0.2) is 4.52 Å². The lowest BCUT2D eigenvalue weighted by Crippen LogP contribution is -2.32. The van der Waals surface area contributed by atoms with Crippen LogP contribution >= 0.6 is 0 Å². The smallest absolute Gasteiger partial charge is 0.321 e. The second-order valence-corrected chi connectivity index (χ2v) is 5.45. The van der Waals surface area contributed by atoms with Crippen molar-refractivity contribution in [3.05, 3.63) is 11.7 Å². The number of aromatic nitrogens is 2. The van der Waals surface area contributed by atoms with Crippen molar-refractivity contribution in [1.29, 1.82) is 0 Å². The van der Waals surface area contributed by atoms with Crippen molar-refractivity contribution in [3.63, 3.8) is 0 Å². The van der Waals surface area contributed by atoms with Crippen LogP contribution in [0.2, 0.25) is 0 Å². The lowest BCUT2D eigenvalue weighted by molar-refractivity contribution is -0.149. The summed E-state index contributed by atoms with van der Waals surface area (Å²) in [6.45, 7) is 8.14. The predicted octanol–water partition coefficient (Wildman–Crippen LogP) is 1.94. The largest absolute Gasteiger partial charge is 0.465 e. The highest BCUT2D eigenvalue weighted by molar-refractivity contribution is 5.80. The standard InChI is InChI=1S/C13H20N2O4/c1-5-17-11(16)12(2,3)10-14-9(15-19-10)13(4)7-6-8-18-13/h5-8H2,1-4H3. The molecule has 0 aliphatic carbocycles. The molecule has 0 saturated carbocycles. The van der Waals surface area contributed by atoms with Crippen molar-refractivity contribution in [2.24, 2.45) is 0 Å². The normalized spacial score (nSPS) is 23.6. The molecule has 0 N–H and O–H groups in total. The van der Waals surface area contributed by atoms with Crippen molar-refractivity contribution in [2.45, 2.75) is 51.6 Å². The molecule has 0 spiro atoms. The van der Waals surface area contributed by atoms with Gasteiger partial charge in [-0.2, -0.15) is 4.98 Å². The predicted molar refractivity (Wildman–Crippen MR) is 66.5 cm³/mol. The Morgan fingerprint density at radius 3 is 2.84 bits per heavy atom. The van der Waals surface area contributed by atoms with Crippen molar-refractivity contribution in [1.82, 2.24) is 10.1 Å². The molecule has 0 aromatic carbocycles. The van der Waals surface area contributed by atoms with E-state index in [2.05, 4.69) is 10.1 Å². The molecule has 1 saturated heterocycles. The second kappa shape index (κ2) is 4.92. The molecule has 2 rings (SSSR count). The van der Waals surface area contributed by atoms with Crippen LogP contribution in [-0.2, 0) is 25.3 Å². The monoisotopic (exact) mass is 268 g/mol. The van der Waals surface area contributed by atoms with E-state index in [1.165, 1.54) is 0 Å². The topological polar surface area (TPSA) is 74.5 Å². The van der Waals surface area contributed by atoms with Gasteiger partial charge in [0.1, 0.15) is 11.0 Å². The van der Waals surface area contributed by atoms with Crippen molar-refractivity contribution in [3.8, 4) is 0 Å². The van der Waals surface area contributed by atoms with Crippen LogP contribution in [0.4, 0.5) is 0 Å². The second-order valence-electron chi connectivity index (χ2n) is 5.45. The van der Waals surface area contributed by atoms with Crippen LogP contribution < -0.4 is 0 Å². The molecule has 0 bridgehead atoms. The van der Waals surface area contributed by atoms with E-state index in [4.69, 9.17) is 14.0 Å². The molecule has 19 heavy (non-hydrogen) atoms. The van der Waals surface area contributed by atoms with Gasteiger partial charge in [0.25, 0.3) is 0 Å². The fourth-order valence-corrected chi connectivity index (χ4v) is 2.05. The minimum Gasteiger partial charge on any atom is -0.465 e. The third kappa shape index (κ3) is 2.49. The van der Waals surface area contributed by atoms with Gasteiger partial charge in [0.2, 0.25) is 11.7 Å². The lowest BCUT2D eigenvalue weighted by atomic mass is 9.93. The third-order valence-corrected chi connectivity index (χ3v) is 3.44. The molecule has 1 aliphatic heterocycles. The zero-order chi connectivity index (χ0) is 14.1. The summed E-state index contributed by atoms with van der Waals surface area (Å²) < 4.78 is 15.9. The first kappa shape index (κ1) is 14.0. The molecule has 1 unspecified atom stereocenters. The molecular formula is C13H20N2O4.